The first-order chi connectivity index (χ1) is 17.1. The minimum atomic E-state index is -0.423. The highest BCUT2D eigenvalue weighted by atomic mass is 35.5. The SMILES string of the molecule is Nc1c2c(-c3ccccc3F)nc(NCc3ccc4c(c3)OCO4)nc2nn1-c1ccc(Cl)cc1. The molecule has 35 heavy (non-hydrogen) atoms. The first-order valence-electron chi connectivity index (χ1n) is 10.8. The summed E-state index contributed by atoms with van der Waals surface area (Å²) in [7, 11) is 0. The Bertz CT molecular complexity index is 1570. The number of nitrogens with zero attached hydrogens (tertiary/aromatic N) is 4. The van der Waals surface area contributed by atoms with Gasteiger partial charge in [-0.05, 0) is 54.1 Å². The standard InChI is InChI=1S/C25H18ClFN6O2/c26-15-6-8-16(9-7-15)33-23(28)21-22(17-3-1-2-4-18(17)27)30-25(31-24(21)32-33)29-12-14-5-10-19-20(11-14)35-13-34-19/h1-11H,12-13,28H2,(H,29,31,32). The molecule has 3 heterocycles. The highest BCUT2D eigenvalue weighted by Crippen LogP contribution is 2.35. The van der Waals surface area contributed by atoms with Crippen LogP contribution in [0.5, 0.6) is 11.5 Å². The Balaban J connectivity index is 1.44. The largest absolute Gasteiger partial charge is 0.454 e. The molecule has 0 bridgehead atoms. The predicted molar refractivity (Wildman–Crippen MR) is 131 cm³/mol. The molecule has 0 spiro atoms. The van der Waals surface area contributed by atoms with Crippen LogP contribution in [-0.4, -0.2) is 26.5 Å². The van der Waals surface area contributed by atoms with E-state index in [4.69, 9.17) is 26.8 Å². The first kappa shape index (κ1) is 21.2. The Hall–Kier alpha value is -4.37. The van der Waals surface area contributed by atoms with Gasteiger partial charge in [0.05, 0.1) is 16.8 Å². The smallest absolute Gasteiger partial charge is 0.231 e. The highest BCUT2D eigenvalue weighted by molar-refractivity contribution is 6.30. The summed E-state index contributed by atoms with van der Waals surface area (Å²) in [5.74, 6) is 1.55. The normalized spacial score (nSPS) is 12.3. The maximum atomic E-state index is 14.8. The van der Waals surface area contributed by atoms with Crippen LogP contribution < -0.4 is 20.5 Å². The number of ether oxygens (including phenoxy) is 2. The van der Waals surface area contributed by atoms with E-state index in [0.29, 0.717) is 56.9 Å². The molecule has 3 N–H and O–H groups in total. The van der Waals surface area contributed by atoms with E-state index in [1.165, 1.54) is 6.07 Å². The number of fused-ring (bicyclic) bond motifs is 2. The third-order valence-corrected chi connectivity index (χ3v) is 5.91. The third kappa shape index (κ3) is 3.85. The van der Waals surface area contributed by atoms with Gasteiger partial charge in [0.15, 0.2) is 17.1 Å². The van der Waals surface area contributed by atoms with E-state index in [1.54, 1.807) is 47.1 Å². The highest BCUT2D eigenvalue weighted by Gasteiger charge is 2.21. The van der Waals surface area contributed by atoms with Gasteiger partial charge in [0.25, 0.3) is 0 Å². The molecular formula is C25H18ClFN6O2. The number of nitrogens with one attached hydrogen (secondary N) is 1. The van der Waals surface area contributed by atoms with Gasteiger partial charge >= 0.3 is 0 Å². The topological polar surface area (TPSA) is 100 Å². The second kappa shape index (κ2) is 8.44. The van der Waals surface area contributed by atoms with Crippen molar-refractivity contribution < 1.29 is 13.9 Å². The van der Waals surface area contributed by atoms with Crippen molar-refractivity contribution in [1.29, 1.82) is 0 Å². The summed E-state index contributed by atoms with van der Waals surface area (Å²) in [6, 6.07) is 19.1. The Morgan fingerprint density at radius 1 is 1.00 bits per heavy atom. The molecule has 174 valence electrons. The fourth-order valence-electron chi connectivity index (χ4n) is 3.95. The number of anilines is 2. The second-order valence-corrected chi connectivity index (χ2v) is 8.33. The van der Waals surface area contributed by atoms with Gasteiger partial charge in [-0.25, -0.2) is 14.1 Å². The van der Waals surface area contributed by atoms with Gasteiger partial charge in [-0.2, -0.15) is 4.98 Å². The molecule has 10 heteroatoms. The van der Waals surface area contributed by atoms with Crippen LogP contribution in [0.4, 0.5) is 16.2 Å². The van der Waals surface area contributed by atoms with Crippen molar-refractivity contribution in [2.75, 3.05) is 17.8 Å². The van der Waals surface area contributed by atoms with Crippen molar-refractivity contribution in [1.82, 2.24) is 19.7 Å². The molecule has 8 nitrogen and oxygen atoms in total. The third-order valence-electron chi connectivity index (χ3n) is 5.66. The number of aromatic nitrogens is 4. The summed E-state index contributed by atoms with van der Waals surface area (Å²) < 4.78 is 27.2. The molecule has 0 amide bonds. The molecule has 0 atom stereocenters. The van der Waals surface area contributed by atoms with E-state index < -0.39 is 5.82 Å². The van der Waals surface area contributed by atoms with Crippen molar-refractivity contribution in [3.05, 3.63) is 83.1 Å². The number of nitrogens with two attached hydrogens (primary N) is 1. The minimum Gasteiger partial charge on any atom is -0.454 e. The zero-order chi connectivity index (χ0) is 23.9. The van der Waals surface area contributed by atoms with Crippen LogP contribution in [0, 0.1) is 5.82 Å². The lowest BCUT2D eigenvalue weighted by Gasteiger charge is -2.10. The summed E-state index contributed by atoms with van der Waals surface area (Å²) in [4.78, 5) is 9.19. The molecule has 1 aliphatic heterocycles. The van der Waals surface area contributed by atoms with Gasteiger partial charge in [0.1, 0.15) is 11.6 Å². The van der Waals surface area contributed by atoms with E-state index in [9.17, 15) is 4.39 Å². The van der Waals surface area contributed by atoms with E-state index in [2.05, 4.69) is 20.4 Å². The van der Waals surface area contributed by atoms with Crippen molar-refractivity contribution in [2.24, 2.45) is 0 Å². The maximum absolute atomic E-state index is 14.8. The van der Waals surface area contributed by atoms with E-state index in [0.717, 1.165) is 5.56 Å². The van der Waals surface area contributed by atoms with E-state index in [-0.39, 0.29) is 12.7 Å². The quantitative estimate of drug-likeness (QED) is 0.351. The summed E-state index contributed by atoms with van der Waals surface area (Å²) in [5, 5.41) is 8.84. The van der Waals surface area contributed by atoms with Gasteiger partial charge < -0.3 is 20.5 Å². The second-order valence-electron chi connectivity index (χ2n) is 7.89. The molecule has 3 aromatic carbocycles. The van der Waals surface area contributed by atoms with Crippen LogP contribution in [-0.2, 0) is 6.54 Å². The Kier molecular flexibility index (Phi) is 5.11. The van der Waals surface area contributed by atoms with Crippen LogP contribution in [0.1, 0.15) is 5.56 Å². The zero-order valence-corrected chi connectivity index (χ0v) is 19.0. The molecule has 6 rings (SSSR count). The average molecular weight is 489 g/mol. The lowest BCUT2D eigenvalue weighted by Crippen LogP contribution is -2.05. The summed E-state index contributed by atoms with van der Waals surface area (Å²) >= 11 is 6.03. The zero-order valence-electron chi connectivity index (χ0n) is 18.2. The van der Waals surface area contributed by atoms with Crippen molar-refractivity contribution in [3.8, 4) is 28.4 Å². The average Bonchev–Trinajstić information content (AvgIpc) is 3.47. The number of hydrogen-bond donors (Lipinski definition) is 2. The maximum Gasteiger partial charge on any atom is 0.231 e. The number of nitrogen functional groups attached to an aromatic ring is 1. The van der Waals surface area contributed by atoms with E-state index in [1.807, 2.05) is 18.2 Å². The molecule has 0 aliphatic carbocycles. The van der Waals surface area contributed by atoms with Crippen molar-refractivity contribution in [2.45, 2.75) is 6.54 Å². The fourth-order valence-corrected chi connectivity index (χ4v) is 4.08. The predicted octanol–water partition coefficient (Wildman–Crippen LogP) is 5.20. The molecule has 5 aromatic rings. The molecule has 1 aliphatic rings. The summed E-state index contributed by atoms with van der Waals surface area (Å²) in [6.07, 6.45) is 0. The summed E-state index contributed by atoms with van der Waals surface area (Å²) in [5.41, 5.74) is 9.10. The fraction of sp³-hybridized carbons (Fsp3) is 0.0800. The van der Waals surface area contributed by atoms with Crippen LogP contribution in [0.2, 0.25) is 5.02 Å². The number of benzene rings is 3. The Morgan fingerprint density at radius 3 is 2.63 bits per heavy atom. The lowest BCUT2D eigenvalue weighted by atomic mass is 10.1. The van der Waals surface area contributed by atoms with Gasteiger partial charge in [-0.1, -0.05) is 29.8 Å². The number of hydrogen-bond acceptors (Lipinski definition) is 7. The van der Waals surface area contributed by atoms with Gasteiger partial charge in [0, 0.05) is 17.1 Å². The molecule has 0 saturated carbocycles. The molecule has 0 unspecified atom stereocenters. The van der Waals surface area contributed by atoms with Crippen LogP contribution in [0.3, 0.4) is 0 Å². The van der Waals surface area contributed by atoms with Gasteiger partial charge in [-0.15, -0.1) is 5.10 Å². The molecule has 2 aromatic heterocycles. The van der Waals surface area contributed by atoms with Gasteiger partial charge in [0.2, 0.25) is 12.7 Å². The molecular weight excluding hydrogens is 471 g/mol. The van der Waals surface area contributed by atoms with Crippen LogP contribution in [0.25, 0.3) is 28.0 Å². The molecule has 0 fully saturated rings. The monoisotopic (exact) mass is 488 g/mol. The van der Waals surface area contributed by atoms with E-state index >= 15 is 0 Å². The summed E-state index contributed by atoms with van der Waals surface area (Å²) in [6.45, 7) is 0.613. The Morgan fingerprint density at radius 2 is 1.80 bits per heavy atom. The lowest BCUT2D eigenvalue weighted by molar-refractivity contribution is 0.174. The van der Waals surface area contributed by atoms with Crippen LogP contribution in [0.15, 0.2) is 66.7 Å². The first-order valence-corrected chi connectivity index (χ1v) is 11.1. The van der Waals surface area contributed by atoms with Crippen molar-refractivity contribution >= 4 is 34.4 Å². The van der Waals surface area contributed by atoms with Crippen LogP contribution >= 0.6 is 11.6 Å². The number of rotatable bonds is 5. The molecule has 0 radical (unpaired) electrons. The Labute approximate surface area is 204 Å². The van der Waals surface area contributed by atoms with Crippen molar-refractivity contribution in [3.63, 3.8) is 0 Å². The molecule has 0 saturated heterocycles. The number of halogens is 2. The minimum absolute atomic E-state index is 0.204. The van der Waals surface area contributed by atoms with Gasteiger partial charge in [-0.3, -0.25) is 0 Å².